The number of sulfone groups is 3. The third-order valence-corrected chi connectivity index (χ3v) is 33.3. The molecule has 6 N–H and O–H groups in total. The van der Waals surface area contributed by atoms with Crippen molar-refractivity contribution < 1.29 is 91.7 Å². The van der Waals surface area contributed by atoms with E-state index in [4.69, 9.17) is 43.0 Å². The number of hydrogen-bond donors (Lipinski definition) is 6. The summed E-state index contributed by atoms with van der Waals surface area (Å²) in [6, 6.07) is 56.8. The molecule has 5 atom stereocenters. The predicted molar refractivity (Wildman–Crippen MR) is 549 cm³/mol. The Morgan fingerprint density at radius 1 is 0.378 bits per heavy atom. The number of methoxy groups -OCH3 is 1. The van der Waals surface area contributed by atoms with Crippen LogP contribution < -0.4 is 33.2 Å². The molecule has 1 aliphatic rings. The summed E-state index contributed by atoms with van der Waals surface area (Å²) in [6.45, 7) is 11.4. The number of pyridine rings is 4. The lowest BCUT2D eigenvalue weighted by molar-refractivity contribution is -0.132. The molecule has 4 unspecified atom stereocenters. The van der Waals surface area contributed by atoms with Crippen LogP contribution in [0.15, 0.2) is 256 Å². The average molecular weight is 2020 g/mol. The summed E-state index contributed by atoms with van der Waals surface area (Å²) >= 11 is 0. The average Bonchev–Trinajstić information content (AvgIpc) is 1.07. The highest BCUT2D eigenvalue weighted by Gasteiger charge is 2.45. The fourth-order valence-electron chi connectivity index (χ4n) is 14.5. The van der Waals surface area contributed by atoms with Crippen LogP contribution in [-0.4, -0.2) is 167 Å². The molecule has 2 amide bonds. The van der Waals surface area contributed by atoms with Gasteiger partial charge in [-0.15, -0.1) is 0 Å². The number of ether oxygens (including phenoxy) is 1. The number of aryl methyl sites for hydroxylation is 4. The first-order valence-electron chi connectivity index (χ1n) is 44.6. The molecule has 31 nitrogen and oxygen atoms in total. The molecular weight excluding hydrogens is 1910 g/mol. The first-order chi connectivity index (χ1) is 67.2. The third-order valence-electron chi connectivity index (χ3n) is 24.8. The van der Waals surface area contributed by atoms with E-state index in [1.807, 2.05) is 115 Å². The Labute approximate surface area is 831 Å². The third kappa shape index (κ3) is 30.1. The molecule has 13 rings (SSSR count). The maximum absolute atomic E-state index is 12.7. The normalized spacial score (nSPS) is 13.9. The predicted octanol–water partition coefficient (Wildman–Crippen LogP) is 12.1. The number of carbonyl (C=O) groups is 4. The van der Waals surface area contributed by atoms with Crippen LogP contribution in [0.2, 0.25) is 0 Å². The zero-order valence-electron chi connectivity index (χ0n) is 80.3. The lowest BCUT2D eigenvalue weighted by Gasteiger charge is -2.29. The number of hydrogen-bond acceptors (Lipinski definition) is 25. The second-order valence-corrected chi connectivity index (χ2v) is 45.0. The number of hydroxylamine groups is 2. The summed E-state index contributed by atoms with van der Waals surface area (Å²) in [6.07, 6.45) is 14.4. The van der Waals surface area contributed by atoms with Crippen LogP contribution in [0.4, 0.5) is 0 Å². The molecule has 750 valence electrons. The van der Waals surface area contributed by atoms with Crippen molar-refractivity contribution >= 4 is 68.3 Å². The molecule has 8 aromatic heterocycles. The van der Waals surface area contributed by atoms with Gasteiger partial charge in [0.15, 0.2) is 68.9 Å². The van der Waals surface area contributed by atoms with Crippen molar-refractivity contribution in [3.05, 3.63) is 329 Å². The molecule has 0 saturated carbocycles. The molecule has 0 radical (unpaired) electrons. The highest BCUT2D eigenvalue weighted by molar-refractivity contribution is 8.01. The first-order valence-corrected chi connectivity index (χ1v) is 52.5. The molecular formula is C108H115N7O24S4. The van der Waals surface area contributed by atoms with Gasteiger partial charge in [0.25, 0.3) is 34.1 Å². The second kappa shape index (κ2) is 49.8. The molecule has 35 heteroatoms. The number of aliphatic hydroxyl groups is 2. The van der Waals surface area contributed by atoms with Crippen molar-refractivity contribution in [1.29, 1.82) is 0 Å². The number of amides is 2. The number of nitrogens with zero attached hydrogens (tertiary/aromatic N) is 5. The largest absolute Gasteiger partial charge is 0.451 e. The number of benzene rings is 4. The minimum Gasteiger partial charge on any atom is -0.451 e. The maximum Gasteiger partial charge on any atom is 0.264 e. The van der Waals surface area contributed by atoms with E-state index in [9.17, 15) is 67.8 Å². The molecule has 1 fully saturated rings. The highest BCUT2D eigenvalue weighted by Crippen LogP contribution is 2.30. The summed E-state index contributed by atoms with van der Waals surface area (Å²) < 4.78 is 111. The van der Waals surface area contributed by atoms with Gasteiger partial charge in [-0.3, -0.25) is 57.9 Å². The van der Waals surface area contributed by atoms with Crippen LogP contribution in [0.5, 0.6) is 0 Å². The van der Waals surface area contributed by atoms with Crippen molar-refractivity contribution in [3.63, 3.8) is 0 Å². The smallest absolute Gasteiger partial charge is 0.264 e. The Morgan fingerprint density at radius 3 is 0.951 bits per heavy atom. The minimum absolute atomic E-state index is 0. The van der Waals surface area contributed by atoms with Gasteiger partial charge in [0.2, 0.25) is 0 Å². The van der Waals surface area contributed by atoms with E-state index >= 15 is 0 Å². The Bertz CT molecular complexity index is 7690. The number of nitrogens with one attached hydrogen (secondary N) is 2. The van der Waals surface area contributed by atoms with Gasteiger partial charge in [-0.25, -0.2) is 36.2 Å². The van der Waals surface area contributed by atoms with Crippen LogP contribution in [0, 0.1) is 59.2 Å². The van der Waals surface area contributed by atoms with E-state index in [1.54, 1.807) is 92.0 Å². The fourth-order valence-corrected chi connectivity index (χ4v) is 18.2. The van der Waals surface area contributed by atoms with E-state index in [-0.39, 0.29) is 94.7 Å². The van der Waals surface area contributed by atoms with E-state index in [1.165, 1.54) is 115 Å². The van der Waals surface area contributed by atoms with Crippen LogP contribution in [-0.2, 0) is 115 Å². The summed E-state index contributed by atoms with van der Waals surface area (Å²) in [5.41, 5.74) is 11.1. The van der Waals surface area contributed by atoms with Crippen molar-refractivity contribution in [3.8, 4) is 104 Å². The van der Waals surface area contributed by atoms with Gasteiger partial charge < -0.3 is 50.9 Å². The summed E-state index contributed by atoms with van der Waals surface area (Å²) in [4.78, 5) is 101. The molecule has 0 spiro atoms. The fraction of sp³-hybridized carbons (Fsp3) is 0.306. The van der Waals surface area contributed by atoms with Crippen molar-refractivity contribution in [2.24, 2.45) is 0 Å². The van der Waals surface area contributed by atoms with Crippen LogP contribution in [0.1, 0.15) is 162 Å². The standard InChI is InChI=1S/C29H33N3O6S.C27H25NO6S.C26H27NO6S.C25H26N2O6S.CH4/c1-29(28(34)30-35,39(2,36)37)15-19-32-18-14-24(20-27(32)33)23-9-6-22(7-10-23)8-11-25-12-13-26(38-25)21-31-16-4-3-5-17-31;1-20(30)27(2,35(3,32)33)15-17-28-16-14-23(18-26(28)31)22-10-8-21(9-11-22)6-4-5-7-24-12-13-25(19-29)34-24;1-19(28)26(2,34(4,30)31)14-16-27-15-13-22(17-25(27)29)21-8-5-20(6-9-21)7-10-23-11-12-24(33-23)18-32-3;1-25(24(30)26-31,34(2,3)32)13-15-27-14-12-20(16-23(27)29)19-7-4-18(5-8-19)6-9-21-10-11-22(17-28)33-21;/h6-7,9-10,12-14,18,20,35H,3-5,15-17,19,21H2,1-2H3,(H,30,34);8-14,16,18,29H,15,17,19H2,1-3H3;5-6,8-9,11-13,15,17H,14,16,18H2,1-4H3;4-5,7-8,10-12,14,16,28,31H,2,13,15,17H2,1,3H3,(H,26,30);1H4/t;;;25-,34?;/m...1./s1. The summed E-state index contributed by atoms with van der Waals surface area (Å²) in [7, 11) is -12.3. The highest BCUT2D eigenvalue weighted by atomic mass is 32.2. The summed E-state index contributed by atoms with van der Waals surface area (Å²) in [5.74, 6) is 34.6. The number of Topliss-reactive ketones (excluding diaryl/α,β-unsaturated/α-hetero) is 2. The van der Waals surface area contributed by atoms with Gasteiger partial charge in [-0.1, -0.05) is 86.1 Å². The number of likely N-dealkylation sites (tertiary alicyclic amines) is 1. The number of piperidine rings is 1. The Kier molecular flexibility index (Phi) is 39.0. The quantitative estimate of drug-likeness (QED) is 0.0105. The van der Waals surface area contributed by atoms with Gasteiger partial charge in [0.05, 0.1) is 6.54 Å². The lowest BCUT2D eigenvalue weighted by atomic mass is 10.0. The molecule has 143 heavy (non-hydrogen) atoms. The lowest BCUT2D eigenvalue weighted by Crippen LogP contribution is -2.49. The number of carbonyl (C=O) groups excluding carboxylic acids is 4. The number of ketones is 2. The number of aromatic nitrogens is 4. The number of aliphatic hydroxyl groups excluding tert-OH is 2. The van der Waals surface area contributed by atoms with E-state index in [0.29, 0.717) is 63.6 Å². The Morgan fingerprint density at radius 2 is 0.657 bits per heavy atom. The van der Waals surface area contributed by atoms with Gasteiger partial charge in [0, 0.05) is 130 Å². The second-order valence-electron chi connectivity index (χ2n) is 34.7. The molecule has 4 aromatic carbocycles. The summed E-state index contributed by atoms with van der Waals surface area (Å²) in [5, 5.41) is 36.0. The number of furan rings is 4. The van der Waals surface area contributed by atoms with Crippen LogP contribution in [0.25, 0.3) is 44.5 Å². The molecule has 0 bridgehead atoms. The molecule has 12 aromatic rings. The van der Waals surface area contributed by atoms with E-state index in [0.717, 1.165) is 94.2 Å². The van der Waals surface area contributed by atoms with E-state index < -0.39 is 81.4 Å². The van der Waals surface area contributed by atoms with Crippen molar-refractivity contribution in [2.45, 2.75) is 165 Å². The van der Waals surface area contributed by atoms with Gasteiger partial charge in [0.1, 0.15) is 57.1 Å². The SMILES string of the molecule is C.C=S(C)(=O)[C@](C)(CCn1ccc(-c2ccc(C#Cc3ccc(CO)o3)cc2)cc1=O)C(=O)NO.CC(=O)C(C)(CCn1ccc(-c2ccc(C#CC#Cc3ccc(CO)o3)cc2)cc1=O)S(C)(=O)=O.CC(CCn1ccc(-c2ccc(C#Cc3ccc(CN4CCCCC4)o3)cc2)cc1=O)(C(=O)NO)S(C)(=O)=O.COCc1ccc(C#Cc2ccc(-c3ccn(CCC(C)(C(C)=O)S(C)(=O)=O)c(=O)c3)cc2)o1. The van der Waals surface area contributed by atoms with Crippen molar-refractivity contribution in [2.75, 3.05) is 45.2 Å². The van der Waals surface area contributed by atoms with Gasteiger partial charge >= 0.3 is 0 Å². The first kappa shape index (κ1) is 112. The molecule has 9 heterocycles. The minimum atomic E-state index is -3.85. The van der Waals surface area contributed by atoms with E-state index in [2.05, 4.69) is 70.0 Å². The molecule has 1 aliphatic heterocycles. The number of rotatable bonds is 30. The topological polar surface area (TPSA) is 446 Å². The van der Waals surface area contributed by atoms with Crippen LogP contribution >= 0.6 is 0 Å². The zero-order valence-corrected chi connectivity index (χ0v) is 83.6. The van der Waals surface area contributed by atoms with Gasteiger partial charge in [-0.05, 0) is 310 Å². The zero-order chi connectivity index (χ0) is 104. The van der Waals surface area contributed by atoms with Gasteiger partial charge in [-0.2, -0.15) is 0 Å². The molecule has 0 aliphatic carbocycles. The van der Waals surface area contributed by atoms with Crippen molar-refractivity contribution in [1.82, 2.24) is 34.1 Å². The monoisotopic (exact) mass is 2020 g/mol. The Hall–Kier alpha value is -14.5. The van der Waals surface area contributed by atoms with Crippen LogP contribution in [0.3, 0.4) is 0 Å². The maximum atomic E-state index is 12.7. The molecule has 1 saturated heterocycles. The Balaban J connectivity index is 0.000000212.